The van der Waals surface area contributed by atoms with E-state index in [0.29, 0.717) is 24.6 Å². The molecule has 9 nitrogen and oxygen atoms in total. The van der Waals surface area contributed by atoms with E-state index in [9.17, 15) is 13.2 Å². The lowest BCUT2D eigenvalue weighted by Crippen LogP contribution is -2.42. The Morgan fingerprint density at radius 2 is 2.04 bits per heavy atom. The minimum absolute atomic E-state index is 0.0721. The normalized spacial score (nSPS) is 24.6. The second-order valence-corrected chi connectivity index (χ2v) is 8.01. The third kappa shape index (κ3) is 2.08. The highest BCUT2D eigenvalue weighted by atomic mass is 32.2. The maximum Gasteiger partial charge on any atom is 0.343 e. The van der Waals surface area contributed by atoms with Gasteiger partial charge in [-0.05, 0) is 19.8 Å². The quantitative estimate of drug-likeness (QED) is 0.786. The second-order valence-electron chi connectivity index (χ2n) is 6.22. The van der Waals surface area contributed by atoms with Crippen LogP contribution in [0.15, 0.2) is 16.0 Å². The zero-order valence-electron chi connectivity index (χ0n) is 12.9. The van der Waals surface area contributed by atoms with Crippen molar-refractivity contribution in [2.24, 2.45) is 7.05 Å². The van der Waals surface area contributed by atoms with Crippen molar-refractivity contribution in [2.75, 3.05) is 0 Å². The van der Waals surface area contributed by atoms with E-state index in [1.165, 1.54) is 0 Å². The SMILES string of the molecule is Cc1nc(S(=O)(=O)N2C3CCC2Cn2c(n[nH]c2=O)C3)cn1C. The van der Waals surface area contributed by atoms with E-state index in [0.717, 1.165) is 12.8 Å². The first-order valence-corrected chi connectivity index (χ1v) is 8.99. The first-order chi connectivity index (χ1) is 10.9. The van der Waals surface area contributed by atoms with Gasteiger partial charge in [-0.25, -0.2) is 23.3 Å². The van der Waals surface area contributed by atoms with Gasteiger partial charge in [-0.2, -0.15) is 9.40 Å². The van der Waals surface area contributed by atoms with Crippen molar-refractivity contribution in [3.8, 4) is 0 Å². The fraction of sp³-hybridized carbons (Fsp3) is 0.615. The molecule has 124 valence electrons. The minimum Gasteiger partial charge on any atom is -0.337 e. The van der Waals surface area contributed by atoms with Gasteiger partial charge in [0, 0.05) is 38.3 Å². The van der Waals surface area contributed by atoms with Gasteiger partial charge in [0.1, 0.15) is 11.6 Å². The molecule has 2 aromatic rings. The molecule has 0 saturated carbocycles. The summed E-state index contributed by atoms with van der Waals surface area (Å²) in [5, 5.41) is 6.54. The molecule has 0 spiro atoms. The molecule has 4 rings (SSSR count). The molecule has 1 saturated heterocycles. The number of rotatable bonds is 2. The fourth-order valence-electron chi connectivity index (χ4n) is 3.57. The molecule has 23 heavy (non-hydrogen) atoms. The molecule has 2 atom stereocenters. The zero-order valence-corrected chi connectivity index (χ0v) is 13.7. The van der Waals surface area contributed by atoms with Gasteiger partial charge < -0.3 is 4.57 Å². The number of sulfonamides is 1. The first kappa shape index (κ1) is 14.6. The summed E-state index contributed by atoms with van der Waals surface area (Å²) in [6.45, 7) is 2.11. The predicted molar refractivity (Wildman–Crippen MR) is 80.3 cm³/mol. The summed E-state index contributed by atoms with van der Waals surface area (Å²) in [5.74, 6) is 1.27. The van der Waals surface area contributed by atoms with E-state index in [2.05, 4.69) is 15.2 Å². The second kappa shape index (κ2) is 4.78. The molecule has 1 N–H and O–H groups in total. The van der Waals surface area contributed by atoms with Gasteiger partial charge in [-0.15, -0.1) is 0 Å². The monoisotopic (exact) mass is 338 g/mol. The topological polar surface area (TPSA) is 106 Å². The average Bonchev–Trinajstić information content (AvgIpc) is 3.09. The van der Waals surface area contributed by atoms with Crippen molar-refractivity contribution in [3.05, 3.63) is 28.3 Å². The van der Waals surface area contributed by atoms with Gasteiger partial charge >= 0.3 is 5.69 Å². The molecule has 10 heteroatoms. The number of H-pyrrole nitrogens is 1. The molecule has 2 aromatic heterocycles. The Morgan fingerprint density at radius 3 is 2.74 bits per heavy atom. The standard InChI is InChI=1S/C13H18N6O3S/c1-8-14-12(7-17(8)2)23(21,22)19-9-3-4-10(19)6-18-11(5-9)15-16-13(18)20/h7,9-10H,3-6H2,1-2H3,(H,16,20). The van der Waals surface area contributed by atoms with Crippen LogP contribution in [0.4, 0.5) is 0 Å². The van der Waals surface area contributed by atoms with Crippen LogP contribution in [-0.2, 0) is 30.0 Å². The Bertz CT molecular complexity index is 904. The summed E-state index contributed by atoms with van der Waals surface area (Å²) in [6, 6.07) is -0.410. The summed E-state index contributed by atoms with van der Waals surface area (Å²) in [4.78, 5) is 16.0. The molecule has 0 amide bonds. The van der Waals surface area contributed by atoms with Crippen LogP contribution in [0.25, 0.3) is 0 Å². The van der Waals surface area contributed by atoms with Gasteiger partial charge in [-0.3, -0.25) is 4.57 Å². The third-order valence-electron chi connectivity index (χ3n) is 4.83. The summed E-state index contributed by atoms with van der Waals surface area (Å²) < 4.78 is 30.9. The van der Waals surface area contributed by atoms with Crippen LogP contribution in [0.3, 0.4) is 0 Å². The summed E-state index contributed by atoms with van der Waals surface area (Å²) in [7, 11) is -1.91. The minimum atomic E-state index is -3.68. The van der Waals surface area contributed by atoms with Crippen LogP contribution in [0.1, 0.15) is 24.5 Å². The van der Waals surface area contributed by atoms with E-state index >= 15 is 0 Å². The number of hydrogen-bond acceptors (Lipinski definition) is 5. The van der Waals surface area contributed by atoms with Crippen molar-refractivity contribution in [3.63, 3.8) is 0 Å². The molecule has 2 aliphatic rings. The largest absolute Gasteiger partial charge is 0.343 e. The fourth-order valence-corrected chi connectivity index (χ4v) is 5.46. The summed E-state index contributed by atoms with van der Waals surface area (Å²) >= 11 is 0. The lowest BCUT2D eigenvalue weighted by atomic mass is 10.1. The van der Waals surface area contributed by atoms with E-state index in [1.807, 2.05) is 0 Å². The lowest BCUT2D eigenvalue weighted by molar-refractivity contribution is 0.313. The van der Waals surface area contributed by atoms with E-state index in [1.54, 1.807) is 33.6 Å². The van der Waals surface area contributed by atoms with E-state index in [4.69, 9.17) is 0 Å². The maximum absolute atomic E-state index is 13.1. The van der Waals surface area contributed by atoms with Crippen molar-refractivity contribution >= 4 is 10.0 Å². The zero-order chi connectivity index (χ0) is 16.4. The Balaban J connectivity index is 1.77. The van der Waals surface area contributed by atoms with Gasteiger partial charge in [0.25, 0.3) is 10.0 Å². The highest BCUT2D eigenvalue weighted by Gasteiger charge is 2.46. The Kier molecular flexibility index (Phi) is 3.04. The van der Waals surface area contributed by atoms with Gasteiger partial charge in [0.2, 0.25) is 0 Å². The molecule has 4 heterocycles. The molecule has 0 aliphatic carbocycles. The molecule has 2 aliphatic heterocycles. The van der Waals surface area contributed by atoms with Crippen LogP contribution in [0, 0.1) is 6.92 Å². The smallest absolute Gasteiger partial charge is 0.337 e. The van der Waals surface area contributed by atoms with Crippen LogP contribution in [0.2, 0.25) is 0 Å². The van der Waals surface area contributed by atoms with Crippen LogP contribution in [0.5, 0.6) is 0 Å². The van der Waals surface area contributed by atoms with Crippen LogP contribution < -0.4 is 5.69 Å². The van der Waals surface area contributed by atoms with Crippen molar-refractivity contribution in [1.82, 2.24) is 28.6 Å². The summed E-state index contributed by atoms with van der Waals surface area (Å²) in [5.41, 5.74) is -0.279. The molecule has 0 radical (unpaired) electrons. The lowest BCUT2D eigenvalue weighted by Gasteiger charge is -2.25. The molecule has 2 bridgehead atoms. The van der Waals surface area contributed by atoms with Crippen molar-refractivity contribution < 1.29 is 8.42 Å². The third-order valence-corrected chi connectivity index (χ3v) is 6.71. The number of hydrogen-bond donors (Lipinski definition) is 1. The number of fused-ring (bicyclic) bond motifs is 3. The molecular weight excluding hydrogens is 320 g/mol. The van der Waals surface area contributed by atoms with Gasteiger partial charge in [0.15, 0.2) is 5.03 Å². The van der Waals surface area contributed by atoms with Crippen molar-refractivity contribution in [2.45, 2.75) is 49.8 Å². The number of aromatic amines is 1. The van der Waals surface area contributed by atoms with E-state index in [-0.39, 0.29) is 22.8 Å². The van der Waals surface area contributed by atoms with Gasteiger partial charge in [0.05, 0.1) is 0 Å². The number of imidazole rings is 1. The number of nitrogens with zero attached hydrogens (tertiary/aromatic N) is 5. The highest BCUT2D eigenvalue weighted by molar-refractivity contribution is 7.89. The molecule has 2 unspecified atom stereocenters. The predicted octanol–water partition coefficient (Wildman–Crippen LogP) is -0.609. The molecule has 1 fully saturated rings. The van der Waals surface area contributed by atoms with Crippen LogP contribution in [-0.4, -0.2) is 49.1 Å². The Labute approximate surface area is 133 Å². The number of aromatic nitrogens is 5. The average molecular weight is 338 g/mol. The van der Waals surface area contributed by atoms with Crippen molar-refractivity contribution in [1.29, 1.82) is 0 Å². The highest BCUT2D eigenvalue weighted by Crippen LogP contribution is 2.35. The molecule has 0 aromatic carbocycles. The van der Waals surface area contributed by atoms with Crippen LogP contribution >= 0.6 is 0 Å². The Hall–Kier alpha value is -1.94. The number of nitrogens with one attached hydrogen (secondary N) is 1. The number of aryl methyl sites for hydroxylation is 2. The summed E-state index contributed by atoms with van der Waals surface area (Å²) in [6.07, 6.45) is 3.50. The first-order valence-electron chi connectivity index (χ1n) is 7.55. The molecular formula is C13H18N6O3S. The van der Waals surface area contributed by atoms with Gasteiger partial charge in [-0.1, -0.05) is 0 Å². The Morgan fingerprint density at radius 1 is 1.30 bits per heavy atom. The van der Waals surface area contributed by atoms with E-state index < -0.39 is 10.0 Å². The maximum atomic E-state index is 13.1.